The number of hydrogen-bond acceptors (Lipinski definition) is 9. The summed E-state index contributed by atoms with van der Waals surface area (Å²) < 4.78 is 11.2. The van der Waals surface area contributed by atoms with Gasteiger partial charge in [0, 0.05) is 21.2 Å². The van der Waals surface area contributed by atoms with Gasteiger partial charge in [-0.15, -0.1) is 20.4 Å². The highest BCUT2D eigenvalue weighted by Gasteiger charge is 2.26. The third kappa shape index (κ3) is 5.37. The summed E-state index contributed by atoms with van der Waals surface area (Å²) in [5.41, 5.74) is 1.13. The molecule has 0 bridgehead atoms. The monoisotopic (exact) mass is 474 g/mol. The summed E-state index contributed by atoms with van der Waals surface area (Å²) in [6.07, 6.45) is -0.0511. The molecule has 0 saturated heterocycles. The van der Waals surface area contributed by atoms with Gasteiger partial charge in [0.2, 0.25) is 0 Å². The lowest BCUT2D eigenvalue weighted by Crippen LogP contribution is -2.23. The lowest BCUT2D eigenvalue weighted by atomic mass is 10.1. The molecule has 0 amide bonds. The fourth-order valence-corrected chi connectivity index (χ4v) is 3.49. The van der Waals surface area contributed by atoms with Gasteiger partial charge in [-0.05, 0) is 22.6 Å². The first-order valence-corrected chi connectivity index (χ1v) is 10.1. The van der Waals surface area contributed by atoms with Crippen LogP contribution in [0.2, 0.25) is 10.0 Å². The van der Waals surface area contributed by atoms with Crippen LogP contribution < -0.4 is 0 Å². The maximum atomic E-state index is 12.8. The minimum absolute atomic E-state index is 0.0836. The third-order valence-electron chi connectivity index (χ3n) is 4.42. The van der Waals surface area contributed by atoms with Gasteiger partial charge in [-0.3, -0.25) is 0 Å². The maximum Gasteiger partial charge on any atom is 0.509 e. The van der Waals surface area contributed by atoms with Crippen molar-refractivity contribution in [1.82, 2.24) is 40.4 Å². The first kappa shape index (κ1) is 21.7. The van der Waals surface area contributed by atoms with Gasteiger partial charge in [0.1, 0.15) is 13.1 Å². The molecule has 11 nitrogen and oxygen atoms in total. The molecule has 32 heavy (non-hydrogen) atoms. The fourth-order valence-electron chi connectivity index (χ4n) is 2.97. The molecular formula is C19H16Cl2N8O3. The fraction of sp³-hybridized carbons (Fsp3) is 0.211. The van der Waals surface area contributed by atoms with Crippen molar-refractivity contribution < 1.29 is 14.3 Å². The molecule has 0 fully saturated rings. The van der Waals surface area contributed by atoms with E-state index in [1.165, 1.54) is 22.2 Å². The molecule has 0 aliphatic rings. The molecule has 0 spiro atoms. The average molecular weight is 475 g/mol. The molecule has 2 aromatic carbocycles. The van der Waals surface area contributed by atoms with Gasteiger partial charge in [0.15, 0.2) is 24.9 Å². The lowest BCUT2D eigenvalue weighted by molar-refractivity contribution is -0.0154. The Balaban J connectivity index is 1.55. The molecule has 4 aromatic rings. The second-order valence-corrected chi connectivity index (χ2v) is 7.30. The third-order valence-corrected chi connectivity index (χ3v) is 5.11. The van der Waals surface area contributed by atoms with Crippen molar-refractivity contribution in [2.24, 2.45) is 0 Å². The van der Waals surface area contributed by atoms with E-state index in [-0.39, 0.29) is 13.1 Å². The van der Waals surface area contributed by atoms with Crippen LogP contribution in [-0.2, 0) is 22.6 Å². The van der Waals surface area contributed by atoms with Crippen LogP contribution >= 0.6 is 23.2 Å². The Bertz CT molecular complexity index is 1070. The van der Waals surface area contributed by atoms with Crippen molar-refractivity contribution in [1.29, 1.82) is 0 Å². The molecular weight excluding hydrogens is 459 g/mol. The number of rotatable bonds is 8. The van der Waals surface area contributed by atoms with E-state index in [9.17, 15) is 4.79 Å². The molecule has 13 heteroatoms. The zero-order chi connectivity index (χ0) is 22.3. The number of carbonyl (C=O) groups is 1. The van der Waals surface area contributed by atoms with Crippen LogP contribution in [0.25, 0.3) is 0 Å². The first-order chi connectivity index (χ1) is 15.6. The van der Waals surface area contributed by atoms with Crippen LogP contribution in [0, 0.1) is 0 Å². The summed E-state index contributed by atoms with van der Waals surface area (Å²) in [6.45, 7) is 0.167. The van der Waals surface area contributed by atoms with E-state index >= 15 is 0 Å². The highest BCUT2D eigenvalue weighted by atomic mass is 35.5. The van der Waals surface area contributed by atoms with E-state index in [2.05, 4.69) is 30.8 Å². The molecule has 0 saturated carbocycles. The van der Waals surface area contributed by atoms with Gasteiger partial charge in [0.25, 0.3) is 0 Å². The van der Waals surface area contributed by atoms with Gasteiger partial charge in [-0.2, -0.15) is 9.59 Å². The number of nitrogens with zero attached hydrogens (tertiary/aromatic N) is 8. The predicted octanol–water partition coefficient (Wildman–Crippen LogP) is 3.30. The largest absolute Gasteiger partial charge is 0.509 e. The quantitative estimate of drug-likeness (QED) is 0.353. The number of aromatic nitrogens is 8. The summed E-state index contributed by atoms with van der Waals surface area (Å²) in [4.78, 5) is 15.4. The number of ether oxygens (including phenoxy) is 2. The number of benzene rings is 2. The van der Waals surface area contributed by atoms with Crippen molar-refractivity contribution in [2.75, 3.05) is 0 Å². The Morgan fingerprint density at radius 3 is 1.59 bits per heavy atom. The van der Waals surface area contributed by atoms with E-state index in [0.29, 0.717) is 21.2 Å². The van der Waals surface area contributed by atoms with E-state index in [1.807, 2.05) is 0 Å². The van der Waals surface area contributed by atoms with E-state index in [1.54, 1.807) is 48.5 Å². The molecule has 2 heterocycles. The number of tetrazole rings is 2. The van der Waals surface area contributed by atoms with Crippen LogP contribution in [-0.4, -0.2) is 46.6 Å². The van der Waals surface area contributed by atoms with Gasteiger partial charge >= 0.3 is 6.16 Å². The highest BCUT2D eigenvalue weighted by molar-refractivity contribution is 6.31. The summed E-state index contributed by atoms with van der Waals surface area (Å²) in [7, 11) is 0. The lowest BCUT2D eigenvalue weighted by Gasteiger charge is -2.22. The summed E-state index contributed by atoms with van der Waals surface area (Å²) in [5.74, 6) is 0. The average Bonchev–Trinajstić information content (AvgIpc) is 3.48. The van der Waals surface area contributed by atoms with Gasteiger partial charge in [0.05, 0.1) is 0 Å². The van der Waals surface area contributed by atoms with Gasteiger partial charge in [-0.25, -0.2) is 4.79 Å². The molecule has 2 atom stereocenters. The second kappa shape index (κ2) is 10.2. The van der Waals surface area contributed by atoms with Crippen LogP contribution in [0.3, 0.4) is 0 Å². The Morgan fingerprint density at radius 1 is 0.781 bits per heavy atom. The molecule has 0 aliphatic carbocycles. The topological polar surface area (TPSA) is 123 Å². The van der Waals surface area contributed by atoms with E-state index in [4.69, 9.17) is 32.7 Å². The van der Waals surface area contributed by atoms with Crippen LogP contribution in [0.15, 0.2) is 61.2 Å². The first-order valence-electron chi connectivity index (χ1n) is 9.38. The Kier molecular flexibility index (Phi) is 6.87. The number of hydrogen-bond donors (Lipinski definition) is 0. The Hall–Kier alpha value is -3.57. The summed E-state index contributed by atoms with van der Waals surface area (Å²) in [6, 6.07) is 14.0. The van der Waals surface area contributed by atoms with Crippen LogP contribution in [0.5, 0.6) is 0 Å². The van der Waals surface area contributed by atoms with Gasteiger partial charge < -0.3 is 9.47 Å². The van der Waals surface area contributed by atoms with Crippen molar-refractivity contribution in [3.63, 3.8) is 0 Å². The molecule has 2 aromatic heterocycles. The summed E-state index contributed by atoms with van der Waals surface area (Å²) >= 11 is 12.6. The maximum absolute atomic E-state index is 12.8. The normalized spacial score (nSPS) is 12.8. The van der Waals surface area contributed by atoms with Crippen LogP contribution in [0.1, 0.15) is 23.3 Å². The zero-order valence-corrected chi connectivity index (χ0v) is 17.9. The number of carbonyl (C=O) groups excluding carboxylic acids is 1. The standard InChI is InChI=1S/C19H16Cl2N8O3/c20-15-7-3-1-5-13(15)17(9-28-24-11-22-26-28)31-19(30)32-18(10-29-25-12-23-27-29)14-6-2-4-8-16(14)21/h1-8,11-12,17-18H,9-10H2/t17-,18-/m0/s1. The molecule has 164 valence electrons. The minimum Gasteiger partial charge on any atom is -0.424 e. The SMILES string of the molecule is O=C(O[C@@H](Cn1ncnn1)c1ccccc1Cl)O[C@@H](Cn1ncnn1)c1ccccc1Cl. The van der Waals surface area contributed by atoms with Crippen LogP contribution in [0.4, 0.5) is 4.79 Å². The highest BCUT2D eigenvalue weighted by Crippen LogP contribution is 2.30. The Morgan fingerprint density at radius 2 is 1.22 bits per heavy atom. The Labute approximate surface area is 191 Å². The zero-order valence-electron chi connectivity index (χ0n) is 16.4. The predicted molar refractivity (Wildman–Crippen MR) is 112 cm³/mol. The van der Waals surface area contributed by atoms with E-state index in [0.717, 1.165) is 0 Å². The van der Waals surface area contributed by atoms with Crippen molar-refractivity contribution in [2.45, 2.75) is 25.3 Å². The second-order valence-electron chi connectivity index (χ2n) is 6.49. The van der Waals surface area contributed by atoms with Crippen molar-refractivity contribution in [3.8, 4) is 0 Å². The smallest absolute Gasteiger partial charge is 0.424 e. The molecule has 0 unspecified atom stereocenters. The van der Waals surface area contributed by atoms with Crippen molar-refractivity contribution in [3.05, 3.63) is 82.4 Å². The summed E-state index contributed by atoms with van der Waals surface area (Å²) in [5, 5.41) is 23.7. The molecule has 0 N–H and O–H groups in total. The molecule has 4 rings (SSSR count). The minimum atomic E-state index is -0.944. The molecule has 0 radical (unpaired) electrons. The van der Waals surface area contributed by atoms with Gasteiger partial charge in [-0.1, -0.05) is 59.6 Å². The molecule has 0 aliphatic heterocycles. The van der Waals surface area contributed by atoms with Crippen molar-refractivity contribution >= 4 is 29.4 Å². The number of halogens is 2. The van der Waals surface area contributed by atoms with E-state index < -0.39 is 18.4 Å².